The van der Waals surface area contributed by atoms with Crippen molar-refractivity contribution >= 4 is 15.7 Å². The van der Waals surface area contributed by atoms with Crippen molar-refractivity contribution in [1.82, 2.24) is 5.32 Å². The lowest BCUT2D eigenvalue weighted by Crippen LogP contribution is -2.22. The highest BCUT2D eigenvalue weighted by Gasteiger charge is 2.09. The van der Waals surface area contributed by atoms with Crippen molar-refractivity contribution in [3.8, 4) is 0 Å². The Bertz CT molecular complexity index is 538. The fourth-order valence-electron chi connectivity index (χ4n) is 1.52. The Hall–Kier alpha value is -1.66. The van der Waals surface area contributed by atoms with Crippen molar-refractivity contribution in [2.75, 3.05) is 13.2 Å². The Morgan fingerprint density at radius 3 is 2.50 bits per heavy atom. The number of aliphatic hydroxyl groups excluding tert-OH is 1. The van der Waals surface area contributed by atoms with Crippen LogP contribution in [0.4, 0.5) is 0 Å². The highest BCUT2D eigenvalue weighted by atomic mass is 32.2. The first kappa shape index (κ1) is 16.4. The van der Waals surface area contributed by atoms with E-state index < -0.39 is 15.7 Å². The number of benzene rings is 1. The molecule has 0 saturated carbocycles. The Kier molecular flexibility index (Phi) is 6.97. The third-order valence-electron chi connectivity index (χ3n) is 2.60. The molecule has 0 fully saturated rings. The second-order valence-electron chi connectivity index (χ2n) is 4.24. The lowest BCUT2D eigenvalue weighted by atomic mass is 10.2. The number of rotatable bonds is 8. The number of hydrogen-bond acceptors (Lipinski definition) is 4. The van der Waals surface area contributed by atoms with E-state index in [2.05, 4.69) is 5.32 Å². The molecule has 1 aromatic carbocycles. The minimum atomic E-state index is -3.57. The largest absolute Gasteiger partial charge is 0.396 e. The number of aliphatic hydroxyl groups is 1. The predicted molar refractivity (Wildman–Crippen MR) is 76.7 cm³/mol. The second-order valence-corrected chi connectivity index (χ2v) is 6.07. The summed E-state index contributed by atoms with van der Waals surface area (Å²) >= 11 is 0. The summed E-state index contributed by atoms with van der Waals surface area (Å²) in [7, 11) is -3.57. The summed E-state index contributed by atoms with van der Waals surface area (Å²) in [4.78, 5) is 11.6. The van der Waals surface area contributed by atoms with E-state index in [-0.39, 0.29) is 11.5 Å². The van der Waals surface area contributed by atoms with Crippen LogP contribution in [0.2, 0.25) is 0 Å². The lowest BCUT2D eigenvalue weighted by molar-refractivity contribution is -0.116. The molecule has 0 saturated heterocycles. The number of nitrogens with one attached hydrogen (secondary N) is 1. The van der Waals surface area contributed by atoms with Gasteiger partial charge in [0, 0.05) is 24.6 Å². The van der Waals surface area contributed by atoms with Gasteiger partial charge in [0.25, 0.3) is 0 Å². The molecule has 0 spiro atoms. The van der Waals surface area contributed by atoms with E-state index in [1.165, 1.54) is 12.1 Å². The summed E-state index contributed by atoms with van der Waals surface area (Å²) in [5, 5.41) is 12.1. The van der Waals surface area contributed by atoms with Crippen LogP contribution in [0.25, 0.3) is 0 Å². The monoisotopic (exact) mass is 297 g/mol. The van der Waals surface area contributed by atoms with Gasteiger partial charge in [-0.25, -0.2) is 8.42 Å². The molecule has 6 heteroatoms. The minimum absolute atomic E-state index is 0.142. The molecule has 0 atom stereocenters. The number of unbranched alkanes of at least 4 members (excludes halogenated alkanes) is 2. The molecule has 2 N–H and O–H groups in total. The molecule has 0 aliphatic heterocycles. The van der Waals surface area contributed by atoms with E-state index in [9.17, 15) is 13.2 Å². The van der Waals surface area contributed by atoms with E-state index in [0.29, 0.717) is 13.0 Å². The third kappa shape index (κ3) is 5.99. The summed E-state index contributed by atoms with van der Waals surface area (Å²) in [6.07, 6.45) is 3.30. The Morgan fingerprint density at radius 1 is 1.15 bits per heavy atom. The molecule has 1 aromatic rings. The molecule has 0 heterocycles. The average Bonchev–Trinajstić information content (AvgIpc) is 2.46. The zero-order valence-electron chi connectivity index (χ0n) is 11.2. The van der Waals surface area contributed by atoms with Crippen LogP contribution in [0.5, 0.6) is 0 Å². The summed E-state index contributed by atoms with van der Waals surface area (Å²) in [5.41, 5.74) is 0. The van der Waals surface area contributed by atoms with Gasteiger partial charge in [0.05, 0.1) is 4.90 Å². The molecule has 0 aliphatic rings. The maximum Gasteiger partial charge on any atom is 0.244 e. The fraction of sp³-hybridized carbons (Fsp3) is 0.357. The summed E-state index contributed by atoms with van der Waals surface area (Å²) < 4.78 is 23.7. The smallest absolute Gasteiger partial charge is 0.244 e. The van der Waals surface area contributed by atoms with Crippen LogP contribution in [-0.4, -0.2) is 32.6 Å². The van der Waals surface area contributed by atoms with Gasteiger partial charge in [-0.1, -0.05) is 18.2 Å². The zero-order valence-corrected chi connectivity index (χ0v) is 12.0. The van der Waals surface area contributed by atoms with Crippen molar-refractivity contribution in [3.63, 3.8) is 0 Å². The van der Waals surface area contributed by atoms with Gasteiger partial charge >= 0.3 is 0 Å². The van der Waals surface area contributed by atoms with Gasteiger partial charge in [0.2, 0.25) is 5.91 Å². The van der Waals surface area contributed by atoms with Crippen LogP contribution in [-0.2, 0) is 14.6 Å². The van der Waals surface area contributed by atoms with Crippen LogP contribution in [0.15, 0.2) is 46.7 Å². The molecule has 0 radical (unpaired) electrons. The molecule has 0 aliphatic carbocycles. The van der Waals surface area contributed by atoms with Crippen LogP contribution >= 0.6 is 0 Å². The highest BCUT2D eigenvalue weighted by Crippen LogP contribution is 2.10. The molecule has 0 unspecified atom stereocenters. The number of carbonyl (C=O) groups is 1. The van der Waals surface area contributed by atoms with Gasteiger partial charge in [-0.05, 0) is 31.4 Å². The van der Waals surface area contributed by atoms with Crippen LogP contribution in [0.3, 0.4) is 0 Å². The molecule has 1 rings (SSSR count). The van der Waals surface area contributed by atoms with Crippen LogP contribution in [0, 0.1) is 0 Å². The molecule has 0 bridgehead atoms. The van der Waals surface area contributed by atoms with Gasteiger partial charge < -0.3 is 10.4 Å². The van der Waals surface area contributed by atoms with E-state index in [4.69, 9.17) is 5.11 Å². The molecular formula is C14H19NO4S. The maximum atomic E-state index is 11.9. The topological polar surface area (TPSA) is 83.5 Å². The SMILES string of the molecule is O=C(/C=C/S(=O)(=O)c1ccccc1)NCCCCCO. The zero-order chi connectivity index (χ0) is 14.8. The molecule has 0 aromatic heterocycles. The maximum absolute atomic E-state index is 11.9. The molecular weight excluding hydrogens is 278 g/mol. The average molecular weight is 297 g/mol. The number of carbonyl (C=O) groups excluding carboxylic acids is 1. The quantitative estimate of drug-likeness (QED) is 0.559. The Morgan fingerprint density at radius 2 is 1.85 bits per heavy atom. The van der Waals surface area contributed by atoms with Crippen LogP contribution < -0.4 is 5.32 Å². The van der Waals surface area contributed by atoms with Crippen LogP contribution in [0.1, 0.15) is 19.3 Å². The van der Waals surface area contributed by atoms with Crippen molar-refractivity contribution in [2.45, 2.75) is 24.2 Å². The standard InChI is InChI=1S/C14H19NO4S/c16-11-6-2-5-10-15-14(17)9-12-20(18,19)13-7-3-1-4-8-13/h1,3-4,7-9,12,16H,2,5-6,10-11H2,(H,15,17)/b12-9+. The van der Waals surface area contributed by atoms with E-state index in [1.54, 1.807) is 18.2 Å². The number of sulfone groups is 1. The third-order valence-corrected chi connectivity index (χ3v) is 4.03. The molecule has 20 heavy (non-hydrogen) atoms. The van der Waals surface area contributed by atoms with Crippen molar-refractivity contribution in [2.24, 2.45) is 0 Å². The first-order valence-corrected chi connectivity index (χ1v) is 7.98. The number of hydrogen-bond donors (Lipinski definition) is 2. The summed E-state index contributed by atoms with van der Waals surface area (Å²) in [6, 6.07) is 7.94. The predicted octanol–water partition coefficient (Wildman–Crippen LogP) is 1.25. The Labute approximate surface area is 119 Å². The fourth-order valence-corrected chi connectivity index (χ4v) is 2.52. The van der Waals surface area contributed by atoms with E-state index >= 15 is 0 Å². The molecule has 5 nitrogen and oxygen atoms in total. The van der Waals surface area contributed by atoms with Gasteiger partial charge in [-0.3, -0.25) is 4.79 Å². The van der Waals surface area contributed by atoms with Gasteiger partial charge in [-0.2, -0.15) is 0 Å². The van der Waals surface area contributed by atoms with Gasteiger partial charge in [-0.15, -0.1) is 0 Å². The molecule has 1 amide bonds. The Balaban J connectivity index is 2.45. The summed E-state index contributed by atoms with van der Waals surface area (Å²) in [6.45, 7) is 0.609. The first-order valence-electron chi connectivity index (χ1n) is 6.43. The second kappa shape index (κ2) is 8.50. The lowest BCUT2D eigenvalue weighted by Gasteiger charge is -2.01. The number of amides is 1. The highest BCUT2D eigenvalue weighted by molar-refractivity contribution is 7.94. The first-order chi connectivity index (χ1) is 9.56. The summed E-state index contributed by atoms with van der Waals surface area (Å²) in [5.74, 6) is -0.437. The normalized spacial score (nSPS) is 11.7. The van der Waals surface area contributed by atoms with Crippen molar-refractivity contribution in [1.29, 1.82) is 0 Å². The van der Waals surface area contributed by atoms with E-state index in [0.717, 1.165) is 24.3 Å². The van der Waals surface area contributed by atoms with E-state index in [1.807, 2.05) is 0 Å². The minimum Gasteiger partial charge on any atom is -0.396 e. The van der Waals surface area contributed by atoms with Gasteiger partial charge in [0.1, 0.15) is 0 Å². The van der Waals surface area contributed by atoms with Gasteiger partial charge in [0.15, 0.2) is 9.84 Å². The van der Waals surface area contributed by atoms with Crippen molar-refractivity contribution < 1.29 is 18.3 Å². The molecule has 110 valence electrons. The van der Waals surface area contributed by atoms with Crippen molar-refractivity contribution in [3.05, 3.63) is 41.8 Å².